The fourth-order valence-corrected chi connectivity index (χ4v) is 2.61. The molecule has 0 unspecified atom stereocenters. The zero-order valence-electron chi connectivity index (χ0n) is 14.1. The first-order valence-electron chi connectivity index (χ1n) is 8.11. The highest BCUT2D eigenvalue weighted by molar-refractivity contribution is 5.76. The summed E-state index contributed by atoms with van der Waals surface area (Å²) in [4.78, 5) is 11.5. The first-order chi connectivity index (χ1) is 11.7. The topological polar surface area (TPSA) is 35.5 Å². The maximum absolute atomic E-state index is 11.5. The maximum atomic E-state index is 11.5. The fraction of sp³-hybridized carbons (Fsp3) is 0.286. The lowest BCUT2D eigenvalue weighted by molar-refractivity contribution is -0.124. The summed E-state index contributed by atoms with van der Waals surface area (Å²) < 4.78 is 11.6. The van der Waals surface area contributed by atoms with Crippen LogP contribution in [-0.2, 0) is 20.9 Å². The van der Waals surface area contributed by atoms with Gasteiger partial charge in [0, 0.05) is 12.3 Å². The van der Waals surface area contributed by atoms with E-state index in [0.717, 1.165) is 11.1 Å². The lowest BCUT2D eigenvalue weighted by Gasteiger charge is -2.24. The molecule has 0 spiro atoms. The Hall–Kier alpha value is -2.23. The van der Waals surface area contributed by atoms with Gasteiger partial charge in [0.2, 0.25) is 0 Å². The average Bonchev–Trinajstić information content (AvgIpc) is 2.61. The van der Waals surface area contributed by atoms with Crippen molar-refractivity contribution in [2.24, 2.45) is 5.92 Å². The Morgan fingerprint density at radius 3 is 2.29 bits per heavy atom. The van der Waals surface area contributed by atoms with Gasteiger partial charge in [-0.05, 0) is 18.1 Å². The molecule has 126 valence electrons. The molecular formula is C21H24O3. The van der Waals surface area contributed by atoms with Crippen molar-refractivity contribution < 1.29 is 14.3 Å². The third-order valence-electron chi connectivity index (χ3n) is 3.79. The number of hydrogen-bond donors (Lipinski definition) is 0. The number of rotatable bonds is 10. The Kier molecular flexibility index (Phi) is 7.40. The van der Waals surface area contributed by atoms with Crippen molar-refractivity contribution in [2.45, 2.75) is 26.1 Å². The first-order valence-corrected chi connectivity index (χ1v) is 8.11. The van der Waals surface area contributed by atoms with Crippen molar-refractivity contribution in [3.8, 4) is 0 Å². The number of carbonyl (C=O) groups is 1. The Labute approximate surface area is 143 Å². The van der Waals surface area contributed by atoms with Crippen LogP contribution in [0.2, 0.25) is 0 Å². The van der Waals surface area contributed by atoms with Crippen LogP contribution in [-0.4, -0.2) is 12.6 Å². The third kappa shape index (κ3) is 5.76. The van der Waals surface area contributed by atoms with Crippen LogP contribution in [0, 0.1) is 5.92 Å². The molecule has 0 saturated heterocycles. The van der Waals surface area contributed by atoms with E-state index in [4.69, 9.17) is 9.47 Å². The highest BCUT2D eigenvalue weighted by Crippen LogP contribution is 2.29. The second kappa shape index (κ2) is 9.81. The van der Waals surface area contributed by atoms with Gasteiger partial charge in [-0.15, -0.1) is 6.58 Å². The molecule has 2 rings (SSSR count). The Bertz CT molecular complexity index is 622. The van der Waals surface area contributed by atoms with Crippen molar-refractivity contribution >= 4 is 5.78 Å². The molecule has 2 aromatic carbocycles. The summed E-state index contributed by atoms with van der Waals surface area (Å²) in [6, 6.07) is 19.8. The standard InChI is InChI=1S/C21H24O3/c1-3-19(14-17(2)22)21(20-12-8-5-9-13-20)24-16-23-15-18-10-6-4-7-11-18/h3-13,19,21H,1,14-16H2,2H3/t19-,21-/m1/s1. The monoisotopic (exact) mass is 324 g/mol. The summed E-state index contributed by atoms with van der Waals surface area (Å²) in [5.41, 5.74) is 2.12. The predicted octanol–water partition coefficient (Wildman–Crippen LogP) is 4.70. The number of Topliss-reactive ketones (excluding diaryl/α,β-unsaturated/α-hetero) is 1. The second-order valence-electron chi connectivity index (χ2n) is 5.76. The lowest BCUT2D eigenvalue weighted by Crippen LogP contribution is -2.18. The van der Waals surface area contributed by atoms with Gasteiger partial charge in [0.15, 0.2) is 0 Å². The van der Waals surface area contributed by atoms with E-state index in [2.05, 4.69) is 6.58 Å². The minimum Gasteiger partial charge on any atom is -0.351 e. The molecule has 3 heteroatoms. The van der Waals surface area contributed by atoms with E-state index in [1.807, 2.05) is 60.7 Å². The van der Waals surface area contributed by atoms with Crippen LogP contribution < -0.4 is 0 Å². The smallest absolute Gasteiger partial charge is 0.148 e. The molecule has 0 radical (unpaired) electrons. The van der Waals surface area contributed by atoms with Gasteiger partial charge in [-0.1, -0.05) is 66.7 Å². The normalized spacial score (nSPS) is 13.2. The van der Waals surface area contributed by atoms with E-state index in [9.17, 15) is 4.79 Å². The van der Waals surface area contributed by atoms with Gasteiger partial charge in [0.25, 0.3) is 0 Å². The van der Waals surface area contributed by atoms with Crippen LogP contribution in [0.3, 0.4) is 0 Å². The van der Waals surface area contributed by atoms with Crippen molar-refractivity contribution in [2.75, 3.05) is 6.79 Å². The summed E-state index contributed by atoms with van der Waals surface area (Å²) in [7, 11) is 0. The van der Waals surface area contributed by atoms with Gasteiger partial charge in [-0.2, -0.15) is 0 Å². The molecule has 0 aliphatic carbocycles. The third-order valence-corrected chi connectivity index (χ3v) is 3.79. The number of hydrogen-bond acceptors (Lipinski definition) is 3. The average molecular weight is 324 g/mol. The molecule has 0 aromatic heterocycles. The number of carbonyl (C=O) groups excluding carboxylic acids is 1. The largest absolute Gasteiger partial charge is 0.351 e. The molecular weight excluding hydrogens is 300 g/mol. The molecule has 0 N–H and O–H groups in total. The molecule has 0 aliphatic rings. The van der Waals surface area contributed by atoms with Gasteiger partial charge >= 0.3 is 0 Å². The first kappa shape index (κ1) is 18.1. The minimum absolute atomic E-state index is 0.0785. The van der Waals surface area contributed by atoms with E-state index in [0.29, 0.717) is 13.0 Å². The van der Waals surface area contributed by atoms with Crippen molar-refractivity contribution in [3.63, 3.8) is 0 Å². The van der Waals surface area contributed by atoms with E-state index < -0.39 is 0 Å². The van der Waals surface area contributed by atoms with Crippen LogP contribution in [0.1, 0.15) is 30.6 Å². The zero-order chi connectivity index (χ0) is 17.2. The van der Waals surface area contributed by atoms with Gasteiger partial charge in [-0.3, -0.25) is 0 Å². The van der Waals surface area contributed by atoms with Crippen molar-refractivity contribution in [1.82, 2.24) is 0 Å². The molecule has 0 bridgehead atoms. The van der Waals surface area contributed by atoms with E-state index in [1.54, 1.807) is 13.0 Å². The second-order valence-corrected chi connectivity index (χ2v) is 5.76. The van der Waals surface area contributed by atoms with Crippen molar-refractivity contribution in [3.05, 3.63) is 84.4 Å². The molecule has 0 amide bonds. The number of benzene rings is 2. The molecule has 24 heavy (non-hydrogen) atoms. The van der Waals surface area contributed by atoms with Gasteiger partial charge in [0.1, 0.15) is 12.6 Å². The maximum Gasteiger partial charge on any atom is 0.148 e. The van der Waals surface area contributed by atoms with Crippen LogP contribution in [0.4, 0.5) is 0 Å². The molecule has 3 nitrogen and oxygen atoms in total. The minimum atomic E-state index is -0.247. The highest BCUT2D eigenvalue weighted by Gasteiger charge is 2.23. The summed E-state index contributed by atoms with van der Waals surface area (Å²) in [5, 5.41) is 0. The summed E-state index contributed by atoms with van der Waals surface area (Å²) in [5.74, 6) is 0.0415. The lowest BCUT2D eigenvalue weighted by atomic mass is 9.91. The molecule has 2 aromatic rings. The predicted molar refractivity (Wildman–Crippen MR) is 95.4 cm³/mol. The molecule has 0 saturated carbocycles. The van der Waals surface area contributed by atoms with Gasteiger partial charge < -0.3 is 14.3 Å². The molecule has 0 aliphatic heterocycles. The Morgan fingerprint density at radius 2 is 1.71 bits per heavy atom. The van der Waals surface area contributed by atoms with Crippen LogP contribution in [0.5, 0.6) is 0 Å². The van der Waals surface area contributed by atoms with Crippen LogP contribution in [0.25, 0.3) is 0 Å². The molecule has 0 heterocycles. The number of ether oxygens (including phenoxy) is 2. The number of ketones is 1. The van der Waals surface area contributed by atoms with E-state index in [-0.39, 0.29) is 24.6 Å². The Morgan fingerprint density at radius 1 is 1.08 bits per heavy atom. The van der Waals surface area contributed by atoms with E-state index in [1.165, 1.54) is 0 Å². The quantitative estimate of drug-likeness (QED) is 0.361. The molecule has 0 fully saturated rings. The van der Waals surface area contributed by atoms with Gasteiger partial charge in [0.05, 0.1) is 12.7 Å². The zero-order valence-corrected chi connectivity index (χ0v) is 14.1. The Balaban J connectivity index is 1.97. The van der Waals surface area contributed by atoms with Gasteiger partial charge in [-0.25, -0.2) is 0 Å². The summed E-state index contributed by atoms with van der Waals surface area (Å²) in [6.07, 6.45) is 1.95. The summed E-state index contributed by atoms with van der Waals surface area (Å²) in [6.45, 7) is 6.11. The highest BCUT2D eigenvalue weighted by atomic mass is 16.7. The SMILES string of the molecule is C=C[C@H](CC(C)=O)[C@@H](OCOCc1ccccc1)c1ccccc1. The summed E-state index contributed by atoms with van der Waals surface area (Å²) >= 11 is 0. The fourth-order valence-electron chi connectivity index (χ4n) is 2.61. The van der Waals surface area contributed by atoms with E-state index >= 15 is 0 Å². The van der Waals surface area contributed by atoms with Crippen LogP contribution in [0.15, 0.2) is 73.3 Å². The van der Waals surface area contributed by atoms with Crippen molar-refractivity contribution in [1.29, 1.82) is 0 Å². The molecule has 2 atom stereocenters. The van der Waals surface area contributed by atoms with Crippen LogP contribution >= 0.6 is 0 Å².